The SMILES string of the molecule is COc1ccc(-c2cncc(C)c2)cc1CN. The summed E-state index contributed by atoms with van der Waals surface area (Å²) in [5.41, 5.74) is 10.1. The molecule has 0 aliphatic heterocycles. The number of nitrogens with two attached hydrogens (primary N) is 1. The van der Waals surface area contributed by atoms with Gasteiger partial charge in [-0.1, -0.05) is 6.07 Å². The number of rotatable bonds is 3. The summed E-state index contributed by atoms with van der Waals surface area (Å²) in [5.74, 6) is 0.830. The van der Waals surface area contributed by atoms with Gasteiger partial charge in [0.05, 0.1) is 7.11 Å². The normalized spacial score (nSPS) is 10.3. The molecular weight excluding hydrogens is 212 g/mol. The standard InChI is InChI=1S/C14H16N2O/c1-10-5-13(9-16-8-10)11-3-4-14(17-2)12(6-11)7-15/h3-6,8-9H,7,15H2,1-2H3. The van der Waals surface area contributed by atoms with Crippen molar-refractivity contribution in [2.24, 2.45) is 5.73 Å². The molecule has 2 rings (SSSR count). The Balaban J connectivity index is 2.46. The Labute approximate surface area is 101 Å². The van der Waals surface area contributed by atoms with Crippen LogP contribution in [0.3, 0.4) is 0 Å². The van der Waals surface area contributed by atoms with E-state index < -0.39 is 0 Å². The molecular formula is C14H16N2O. The zero-order chi connectivity index (χ0) is 12.3. The van der Waals surface area contributed by atoms with Crippen LogP contribution >= 0.6 is 0 Å². The minimum absolute atomic E-state index is 0.469. The summed E-state index contributed by atoms with van der Waals surface area (Å²) in [6, 6.07) is 8.12. The Kier molecular flexibility index (Phi) is 3.40. The lowest BCUT2D eigenvalue weighted by molar-refractivity contribution is 0.410. The molecule has 2 aromatic rings. The Hall–Kier alpha value is -1.87. The molecule has 0 saturated heterocycles. The van der Waals surface area contributed by atoms with Crippen molar-refractivity contribution in [3.63, 3.8) is 0 Å². The van der Waals surface area contributed by atoms with Crippen LogP contribution in [-0.2, 0) is 6.54 Å². The molecule has 0 atom stereocenters. The summed E-state index contributed by atoms with van der Waals surface area (Å²) < 4.78 is 5.26. The first-order chi connectivity index (χ1) is 8.24. The van der Waals surface area contributed by atoms with Crippen molar-refractivity contribution in [1.29, 1.82) is 0 Å². The highest BCUT2D eigenvalue weighted by Gasteiger charge is 2.04. The fourth-order valence-corrected chi connectivity index (χ4v) is 1.83. The smallest absolute Gasteiger partial charge is 0.123 e. The maximum absolute atomic E-state index is 5.71. The van der Waals surface area contributed by atoms with Crippen LogP contribution in [0.5, 0.6) is 5.75 Å². The molecule has 0 bridgehead atoms. The predicted octanol–water partition coefficient (Wildman–Crippen LogP) is 2.52. The molecule has 0 aliphatic carbocycles. The van der Waals surface area contributed by atoms with E-state index in [4.69, 9.17) is 10.5 Å². The summed E-state index contributed by atoms with van der Waals surface area (Å²) in [7, 11) is 1.66. The summed E-state index contributed by atoms with van der Waals surface area (Å²) in [4.78, 5) is 4.20. The molecule has 2 N–H and O–H groups in total. The van der Waals surface area contributed by atoms with Crippen molar-refractivity contribution < 1.29 is 4.74 Å². The number of pyridine rings is 1. The zero-order valence-corrected chi connectivity index (χ0v) is 10.1. The lowest BCUT2D eigenvalue weighted by atomic mass is 10.0. The van der Waals surface area contributed by atoms with Gasteiger partial charge in [-0.2, -0.15) is 0 Å². The minimum Gasteiger partial charge on any atom is -0.496 e. The lowest BCUT2D eigenvalue weighted by Gasteiger charge is -2.09. The molecule has 0 amide bonds. The van der Waals surface area contributed by atoms with Crippen LogP contribution in [0.4, 0.5) is 0 Å². The first kappa shape index (κ1) is 11.6. The van der Waals surface area contributed by atoms with E-state index in [0.29, 0.717) is 6.54 Å². The molecule has 0 fully saturated rings. The highest BCUT2D eigenvalue weighted by atomic mass is 16.5. The number of hydrogen-bond donors (Lipinski definition) is 1. The van der Waals surface area contributed by atoms with E-state index in [2.05, 4.69) is 17.1 Å². The van der Waals surface area contributed by atoms with Crippen LogP contribution < -0.4 is 10.5 Å². The number of hydrogen-bond acceptors (Lipinski definition) is 3. The molecule has 0 aliphatic rings. The van der Waals surface area contributed by atoms with Crippen molar-refractivity contribution in [3.05, 3.63) is 47.8 Å². The lowest BCUT2D eigenvalue weighted by Crippen LogP contribution is -2.00. The van der Waals surface area contributed by atoms with E-state index in [1.807, 2.05) is 31.5 Å². The number of aryl methyl sites for hydroxylation is 1. The highest BCUT2D eigenvalue weighted by molar-refractivity contribution is 5.65. The van der Waals surface area contributed by atoms with Gasteiger partial charge in [0.2, 0.25) is 0 Å². The van der Waals surface area contributed by atoms with Crippen LogP contribution in [0.2, 0.25) is 0 Å². The summed E-state index contributed by atoms with van der Waals surface area (Å²) >= 11 is 0. The van der Waals surface area contributed by atoms with Gasteiger partial charge < -0.3 is 10.5 Å². The summed E-state index contributed by atoms with van der Waals surface area (Å²) in [6.45, 7) is 2.50. The van der Waals surface area contributed by atoms with Gasteiger partial charge in [0.1, 0.15) is 5.75 Å². The van der Waals surface area contributed by atoms with E-state index >= 15 is 0 Å². The van der Waals surface area contributed by atoms with Crippen molar-refractivity contribution in [1.82, 2.24) is 4.98 Å². The van der Waals surface area contributed by atoms with Crippen LogP contribution in [0.25, 0.3) is 11.1 Å². The third-order valence-corrected chi connectivity index (χ3v) is 2.71. The summed E-state index contributed by atoms with van der Waals surface area (Å²) in [6.07, 6.45) is 3.70. The van der Waals surface area contributed by atoms with Gasteiger partial charge in [-0.15, -0.1) is 0 Å². The molecule has 0 spiro atoms. The molecule has 3 heteroatoms. The molecule has 17 heavy (non-hydrogen) atoms. The molecule has 0 saturated carbocycles. The Morgan fingerprint density at radius 2 is 2.00 bits per heavy atom. The van der Waals surface area contributed by atoms with Gasteiger partial charge in [-0.05, 0) is 36.2 Å². The first-order valence-electron chi connectivity index (χ1n) is 5.53. The Bertz CT molecular complexity index is 523. The van der Waals surface area contributed by atoms with Gasteiger partial charge in [0.25, 0.3) is 0 Å². The molecule has 1 aromatic carbocycles. The van der Waals surface area contributed by atoms with Crippen molar-refractivity contribution >= 4 is 0 Å². The molecule has 88 valence electrons. The van der Waals surface area contributed by atoms with Gasteiger partial charge in [-0.3, -0.25) is 4.98 Å². The molecule has 3 nitrogen and oxygen atoms in total. The third kappa shape index (κ3) is 2.45. The van der Waals surface area contributed by atoms with Gasteiger partial charge in [0.15, 0.2) is 0 Å². The van der Waals surface area contributed by atoms with Crippen molar-refractivity contribution in [2.45, 2.75) is 13.5 Å². The fraction of sp³-hybridized carbons (Fsp3) is 0.214. The first-order valence-corrected chi connectivity index (χ1v) is 5.53. The molecule has 1 aromatic heterocycles. The van der Waals surface area contributed by atoms with E-state index in [1.165, 1.54) is 0 Å². The van der Waals surface area contributed by atoms with E-state index in [9.17, 15) is 0 Å². The van der Waals surface area contributed by atoms with Gasteiger partial charge >= 0.3 is 0 Å². The maximum Gasteiger partial charge on any atom is 0.123 e. The highest BCUT2D eigenvalue weighted by Crippen LogP contribution is 2.26. The van der Waals surface area contributed by atoms with E-state index in [0.717, 1.165) is 28.0 Å². The second kappa shape index (κ2) is 4.97. The average molecular weight is 228 g/mol. The summed E-state index contributed by atoms with van der Waals surface area (Å²) in [5, 5.41) is 0. The third-order valence-electron chi connectivity index (χ3n) is 2.71. The second-order valence-corrected chi connectivity index (χ2v) is 3.98. The quantitative estimate of drug-likeness (QED) is 0.878. The number of methoxy groups -OCH3 is 1. The monoisotopic (exact) mass is 228 g/mol. The Morgan fingerprint density at radius 3 is 2.65 bits per heavy atom. The predicted molar refractivity (Wildman–Crippen MR) is 68.9 cm³/mol. The van der Waals surface area contributed by atoms with E-state index in [-0.39, 0.29) is 0 Å². The number of nitrogens with zero attached hydrogens (tertiary/aromatic N) is 1. The molecule has 0 radical (unpaired) electrons. The molecule has 0 unspecified atom stereocenters. The van der Waals surface area contributed by atoms with E-state index in [1.54, 1.807) is 7.11 Å². The van der Waals surface area contributed by atoms with Crippen LogP contribution in [-0.4, -0.2) is 12.1 Å². The topological polar surface area (TPSA) is 48.1 Å². The zero-order valence-electron chi connectivity index (χ0n) is 10.1. The minimum atomic E-state index is 0.469. The largest absolute Gasteiger partial charge is 0.496 e. The number of benzene rings is 1. The van der Waals surface area contributed by atoms with Crippen molar-refractivity contribution in [3.8, 4) is 16.9 Å². The Morgan fingerprint density at radius 1 is 1.18 bits per heavy atom. The molecule has 1 heterocycles. The fourth-order valence-electron chi connectivity index (χ4n) is 1.83. The maximum atomic E-state index is 5.71. The van der Waals surface area contributed by atoms with Crippen LogP contribution in [0, 0.1) is 6.92 Å². The van der Waals surface area contributed by atoms with Crippen LogP contribution in [0.1, 0.15) is 11.1 Å². The second-order valence-electron chi connectivity index (χ2n) is 3.98. The number of aromatic nitrogens is 1. The number of ether oxygens (including phenoxy) is 1. The van der Waals surface area contributed by atoms with Gasteiger partial charge in [-0.25, -0.2) is 0 Å². The van der Waals surface area contributed by atoms with Crippen LogP contribution in [0.15, 0.2) is 36.7 Å². The van der Waals surface area contributed by atoms with Crippen molar-refractivity contribution in [2.75, 3.05) is 7.11 Å². The average Bonchev–Trinajstić information content (AvgIpc) is 2.38. The van der Waals surface area contributed by atoms with Gasteiger partial charge in [0, 0.05) is 30.1 Å².